The van der Waals surface area contributed by atoms with E-state index in [0.717, 1.165) is 36.3 Å². The summed E-state index contributed by atoms with van der Waals surface area (Å²) in [5.74, 6) is 6.32. The number of aromatic nitrogens is 1. The van der Waals surface area contributed by atoms with Gasteiger partial charge in [-0.25, -0.2) is 0 Å². The van der Waals surface area contributed by atoms with Crippen LogP contribution in [0.3, 0.4) is 0 Å². The summed E-state index contributed by atoms with van der Waals surface area (Å²) in [5.41, 5.74) is 3.17. The van der Waals surface area contributed by atoms with Gasteiger partial charge in [-0.3, -0.25) is 4.79 Å². The van der Waals surface area contributed by atoms with Crippen molar-refractivity contribution >= 4 is 6.41 Å². The molecule has 0 bridgehead atoms. The Kier molecular flexibility index (Phi) is 3.07. The van der Waals surface area contributed by atoms with Crippen LogP contribution in [0.5, 0.6) is 0 Å². The molecule has 0 unspecified atom stereocenters. The van der Waals surface area contributed by atoms with Crippen LogP contribution in [0.1, 0.15) is 16.8 Å². The van der Waals surface area contributed by atoms with E-state index in [2.05, 4.69) is 28.7 Å². The monoisotopic (exact) mass is 250 g/mol. The number of amides is 1. The summed E-state index contributed by atoms with van der Waals surface area (Å²) < 4.78 is 2.18. The van der Waals surface area contributed by atoms with Crippen LogP contribution < -0.4 is 0 Å². The molecule has 1 aliphatic heterocycles. The summed E-state index contributed by atoms with van der Waals surface area (Å²) in [6.07, 6.45) is 2.97. The minimum absolute atomic E-state index is 0.677. The Morgan fingerprint density at radius 3 is 2.63 bits per heavy atom. The lowest BCUT2D eigenvalue weighted by Crippen LogP contribution is -2.31. The second-order valence-corrected chi connectivity index (χ2v) is 4.61. The molecule has 2 aromatic rings. The van der Waals surface area contributed by atoms with Crippen LogP contribution in [0.2, 0.25) is 0 Å². The Morgan fingerprint density at radius 2 is 1.84 bits per heavy atom. The molecule has 0 N–H and O–H groups in total. The molecule has 2 heterocycles. The van der Waals surface area contributed by atoms with E-state index in [1.54, 1.807) is 4.90 Å². The van der Waals surface area contributed by atoms with E-state index in [1.807, 2.05) is 30.3 Å². The highest BCUT2D eigenvalue weighted by atomic mass is 16.1. The summed E-state index contributed by atoms with van der Waals surface area (Å²) in [6.45, 7) is 2.30. The molecule has 1 aliphatic rings. The first-order valence-electron chi connectivity index (χ1n) is 6.30. The van der Waals surface area contributed by atoms with Gasteiger partial charge in [-0.2, -0.15) is 0 Å². The van der Waals surface area contributed by atoms with Crippen LogP contribution in [0, 0.1) is 11.8 Å². The van der Waals surface area contributed by atoms with Gasteiger partial charge in [0.2, 0.25) is 6.41 Å². The average Bonchev–Trinajstić information content (AvgIpc) is 2.88. The van der Waals surface area contributed by atoms with E-state index in [-0.39, 0.29) is 0 Å². The second kappa shape index (κ2) is 5.03. The van der Waals surface area contributed by atoms with Gasteiger partial charge in [0.1, 0.15) is 0 Å². The highest BCUT2D eigenvalue weighted by Crippen LogP contribution is 2.14. The molecule has 3 heteroatoms. The maximum Gasteiger partial charge on any atom is 0.210 e. The lowest BCUT2D eigenvalue weighted by Gasteiger charge is -2.24. The molecular weight excluding hydrogens is 236 g/mol. The average molecular weight is 250 g/mol. The second-order valence-electron chi connectivity index (χ2n) is 4.61. The first kappa shape index (κ1) is 11.6. The van der Waals surface area contributed by atoms with Gasteiger partial charge in [-0.1, -0.05) is 30.0 Å². The fourth-order valence-electron chi connectivity index (χ4n) is 2.24. The molecule has 0 spiro atoms. The molecule has 0 saturated carbocycles. The summed E-state index contributed by atoms with van der Waals surface area (Å²) in [6, 6.07) is 12.0. The Hall–Kier alpha value is -2.47. The zero-order valence-corrected chi connectivity index (χ0v) is 10.5. The lowest BCUT2D eigenvalue weighted by atomic mass is 10.2. The van der Waals surface area contributed by atoms with Gasteiger partial charge in [-0.15, -0.1) is 0 Å². The van der Waals surface area contributed by atoms with E-state index in [1.165, 1.54) is 0 Å². The summed E-state index contributed by atoms with van der Waals surface area (Å²) >= 11 is 0. The number of carbonyl (C=O) groups is 1. The van der Waals surface area contributed by atoms with Crippen molar-refractivity contribution in [3.05, 3.63) is 59.4 Å². The Bertz CT molecular complexity index is 646. The number of carbonyl (C=O) groups excluding carboxylic acids is 1. The molecule has 1 aromatic carbocycles. The number of fused-ring (bicyclic) bond motifs is 1. The molecule has 0 radical (unpaired) electrons. The van der Waals surface area contributed by atoms with Crippen molar-refractivity contribution in [1.82, 2.24) is 9.47 Å². The van der Waals surface area contributed by atoms with E-state index >= 15 is 0 Å². The molecule has 1 aromatic heterocycles. The molecule has 1 amide bonds. The smallest absolute Gasteiger partial charge is 0.210 e. The third-order valence-electron chi connectivity index (χ3n) is 3.25. The van der Waals surface area contributed by atoms with Gasteiger partial charge < -0.3 is 9.47 Å². The molecule has 94 valence electrons. The molecule has 0 saturated heterocycles. The zero-order valence-electron chi connectivity index (χ0n) is 10.5. The van der Waals surface area contributed by atoms with Gasteiger partial charge in [0.15, 0.2) is 0 Å². The molecule has 3 nitrogen and oxygen atoms in total. The van der Waals surface area contributed by atoms with Crippen molar-refractivity contribution in [3.63, 3.8) is 0 Å². The third-order valence-corrected chi connectivity index (χ3v) is 3.25. The van der Waals surface area contributed by atoms with Gasteiger partial charge in [0.05, 0.1) is 6.54 Å². The van der Waals surface area contributed by atoms with Crippen LogP contribution in [0.15, 0.2) is 42.6 Å². The lowest BCUT2D eigenvalue weighted by molar-refractivity contribution is -0.119. The fourth-order valence-corrected chi connectivity index (χ4v) is 2.24. The molecule has 3 rings (SSSR count). The SMILES string of the molecule is O=CN1CCn2cc(C#Cc3ccccc3)cc2C1. The van der Waals surface area contributed by atoms with E-state index in [9.17, 15) is 4.79 Å². The Morgan fingerprint density at radius 1 is 1.05 bits per heavy atom. The van der Waals surface area contributed by atoms with E-state index < -0.39 is 0 Å². The normalized spacial score (nSPS) is 13.4. The van der Waals surface area contributed by atoms with Crippen molar-refractivity contribution in [3.8, 4) is 11.8 Å². The maximum absolute atomic E-state index is 10.8. The summed E-state index contributed by atoms with van der Waals surface area (Å²) in [4.78, 5) is 12.6. The number of hydrogen-bond acceptors (Lipinski definition) is 1. The molecule has 0 aliphatic carbocycles. The first-order chi connectivity index (χ1) is 9.35. The number of nitrogens with zero attached hydrogens (tertiary/aromatic N) is 2. The van der Waals surface area contributed by atoms with E-state index in [0.29, 0.717) is 6.54 Å². The summed E-state index contributed by atoms with van der Waals surface area (Å²) in [5, 5.41) is 0. The standard InChI is InChI=1S/C16H14N2O/c19-13-17-8-9-18-11-15(10-16(18)12-17)7-6-14-4-2-1-3-5-14/h1-5,10-11,13H,8-9,12H2. The number of benzene rings is 1. The number of rotatable bonds is 1. The number of hydrogen-bond donors (Lipinski definition) is 0. The van der Waals surface area contributed by atoms with Crippen molar-refractivity contribution in [2.24, 2.45) is 0 Å². The van der Waals surface area contributed by atoms with Crippen molar-refractivity contribution in [2.45, 2.75) is 13.1 Å². The largest absolute Gasteiger partial charge is 0.347 e. The van der Waals surface area contributed by atoms with Crippen LogP contribution in [0.25, 0.3) is 0 Å². The highest BCUT2D eigenvalue weighted by molar-refractivity contribution is 5.48. The fraction of sp³-hybridized carbons (Fsp3) is 0.188. The van der Waals surface area contributed by atoms with Crippen LogP contribution in [-0.2, 0) is 17.9 Å². The summed E-state index contributed by atoms with van der Waals surface area (Å²) in [7, 11) is 0. The topological polar surface area (TPSA) is 25.2 Å². The molecule has 0 atom stereocenters. The highest BCUT2D eigenvalue weighted by Gasteiger charge is 2.14. The van der Waals surface area contributed by atoms with Crippen LogP contribution in [0.4, 0.5) is 0 Å². The van der Waals surface area contributed by atoms with Crippen molar-refractivity contribution in [2.75, 3.05) is 6.54 Å². The first-order valence-corrected chi connectivity index (χ1v) is 6.30. The quantitative estimate of drug-likeness (QED) is 0.560. The molecular formula is C16H14N2O. The van der Waals surface area contributed by atoms with Gasteiger partial charge in [-0.05, 0) is 18.2 Å². The van der Waals surface area contributed by atoms with E-state index in [4.69, 9.17) is 0 Å². The molecule has 19 heavy (non-hydrogen) atoms. The third kappa shape index (κ3) is 2.53. The van der Waals surface area contributed by atoms with Crippen molar-refractivity contribution < 1.29 is 4.79 Å². The Labute approximate surface area is 112 Å². The van der Waals surface area contributed by atoms with Crippen molar-refractivity contribution in [1.29, 1.82) is 0 Å². The van der Waals surface area contributed by atoms with Gasteiger partial charge >= 0.3 is 0 Å². The minimum Gasteiger partial charge on any atom is -0.347 e. The predicted molar refractivity (Wildman–Crippen MR) is 73.3 cm³/mol. The van der Waals surface area contributed by atoms with Gasteiger partial charge in [0, 0.05) is 36.1 Å². The predicted octanol–water partition coefficient (Wildman–Crippen LogP) is 1.86. The Balaban J connectivity index is 1.83. The minimum atomic E-state index is 0.677. The van der Waals surface area contributed by atoms with Crippen LogP contribution in [-0.4, -0.2) is 22.4 Å². The van der Waals surface area contributed by atoms with Crippen LogP contribution >= 0.6 is 0 Å². The zero-order chi connectivity index (χ0) is 13.1. The maximum atomic E-state index is 10.8. The molecule has 0 fully saturated rings. The van der Waals surface area contributed by atoms with Gasteiger partial charge in [0.25, 0.3) is 0 Å².